The Morgan fingerprint density at radius 2 is 1.86 bits per heavy atom. The number of fused-ring (bicyclic) bond motifs is 1. The maximum atomic E-state index is 12.8. The van der Waals surface area contributed by atoms with Crippen LogP contribution in [0.25, 0.3) is 11.0 Å². The molecule has 1 aromatic heterocycles. The van der Waals surface area contributed by atoms with Gasteiger partial charge in [0.15, 0.2) is 0 Å². The Kier molecular flexibility index (Phi) is 2.64. The van der Waals surface area contributed by atoms with Crippen LogP contribution in [0.3, 0.4) is 0 Å². The van der Waals surface area contributed by atoms with Gasteiger partial charge in [-0.25, -0.2) is 9.88 Å². The standard InChI is InChI=1S/C16H17N3O2/c20-13-10-16(8-4-1-5-9-16)14(21)19(13)15-17-11-6-2-3-7-12(11)18-15/h2-3,6-7H,1,4-5,8-10H2,(H,17,18). The first-order valence-corrected chi connectivity index (χ1v) is 7.52. The zero-order valence-electron chi connectivity index (χ0n) is 11.8. The van der Waals surface area contributed by atoms with Crippen LogP contribution in [0.4, 0.5) is 5.95 Å². The largest absolute Gasteiger partial charge is 0.323 e. The van der Waals surface area contributed by atoms with Crippen LogP contribution in [0, 0.1) is 5.41 Å². The molecule has 1 aliphatic heterocycles. The minimum atomic E-state index is -0.464. The quantitative estimate of drug-likeness (QED) is 0.818. The monoisotopic (exact) mass is 283 g/mol. The number of nitrogens with zero attached hydrogens (tertiary/aromatic N) is 2. The Hall–Kier alpha value is -2.17. The van der Waals surface area contributed by atoms with E-state index < -0.39 is 5.41 Å². The molecule has 1 spiro atoms. The molecule has 0 unspecified atom stereocenters. The SMILES string of the molecule is O=C1CC2(CCCCC2)C(=O)N1c1nc2ccccc2[nH]1. The Balaban J connectivity index is 1.74. The molecule has 1 N–H and O–H groups in total. The van der Waals surface area contributed by atoms with Crippen LogP contribution in [0.1, 0.15) is 38.5 Å². The van der Waals surface area contributed by atoms with Gasteiger partial charge in [-0.05, 0) is 25.0 Å². The minimum absolute atomic E-state index is 0.0637. The molecule has 1 saturated carbocycles. The average molecular weight is 283 g/mol. The topological polar surface area (TPSA) is 66.1 Å². The molecule has 1 aromatic carbocycles. The molecule has 0 radical (unpaired) electrons. The molecule has 108 valence electrons. The van der Waals surface area contributed by atoms with E-state index in [1.165, 1.54) is 4.90 Å². The van der Waals surface area contributed by atoms with Gasteiger partial charge in [-0.1, -0.05) is 31.4 Å². The molecule has 2 aromatic rings. The second-order valence-electron chi connectivity index (χ2n) is 6.13. The maximum Gasteiger partial charge on any atom is 0.242 e. The van der Waals surface area contributed by atoms with Gasteiger partial charge in [0.05, 0.1) is 16.4 Å². The molecule has 0 bridgehead atoms. The zero-order chi connectivity index (χ0) is 14.4. The number of imidazole rings is 1. The number of carbonyl (C=O) groups is 2. The summed E-state index contributed by atoms with van der Waals surface area (Å²) in [7, 11) is 0. The summed E-state index contributed by atoms with van der Waals surface area (Å²) in [5.41, 5.74) is 1.16. The van der Waals surface area contributed by atoms with Crippen molar-refractivity contribution in [1.29, 1.82) is 0 Å². The summed E-state index contributed by atoms with van der Waals surface area (Å²) >= 11 is 0. The first-order chi connectivity index (χ1) is 10.2. The van der Waals surface area contributed by atoms with Gasteiger partial charge in [0.2, 0.25) is 17.8 Å². The zero-order valence-corrected chi connectivity index (χ0v) is 11.8. The summed E-state index contributed by atoms with van der Waals surface area (Å²) in [5, 5.41) is 0. The minimum Gasteiger partial charge on any atom is -0.323 e. The maximum absolute atomic E-state index is 12.8. The van der Waals surface area contributed by atoms with Gasteiger partial charge < -0.3 is 4.98 Å². The summed E-state index contributed by atoms with van der Waals surface area (Å²) < 4.78 is 0. The van der Waals surface area contributed by atoms with Gasteiger partial charge in [0, 0.05) is 6.42 Å². The smallest absolute Gasteiger partial charge is 0.242 e. The summed E-state index contributed by atoms with van der Waals surface area (Å²) in [6.07, 6.45) is 5.22. The van der Waals surface area contributed by atoms with Gasteiger partial charge in [0.1, 0.15) is 0 Å². The lowest BCUT2D eigenvalue weighted by Crippen LogP contribution is -2.37. The van der Waals surface area contributed by atoms with E-state index in [0.29, 0.717) is 12.4 Å². The van der Waals surface area contributed by atoms with Crippen LogP contribution in [0.5, 0.6) is 0 Å². The van der Waals surface area contributed by atoms with Gasteiger partial charge >= 0.3 is 0 Å². The second kappa shape index (κ2) is 4.41. The van der Waals surface area contributed by atoms with E-state index >= 15 is 0 Å². The number of carbonyl (C=O) groups excluding carboxylic acids is 2. The van der Waals surface area contributed by atoms with Gasteiger partial charge in [-0.15, -0.1) is 0 Å². The molecule has 0 atom stereocenters. The molecular weight excluding hydrogens is 266 g/mol. The number of benzene rings is 1. The summed E-state index contributed by atoms with van der Waals surface area (Å²) in [5.74, 6) is 0.181. The third-order valence-electron chi connectivity index (χ3n) is 4.80. The fraction of sp³-hybridized carbons (Fsp3) is 0.438. The molecular formula is C16H17N3O2. The molecule has 2 aliphatic rings. The number of nitrogens with one attached hydrogen (secondary N) is 1. The van der Waals surface area contributed by atoms with Gasteiger partial charge in [-0.3, -0.25) is 9.59 Å². The molecule has 4 rings (SSSR count). The number of H-pyrrole nitrogens is 1. The molecule has 2 amide bonds. The number of imide groups is 1. The molecule has 5 nitrogen and oxygen atoms in total. The van der Waals surface area contributed by atoms with Crippen LogP contribution in [0.15, 0.2) is 24.3 Å². The van der Waals surface area contributed by atoms with E-state index in [1.54, 1.807) is 0 Å². The van der Waals surface area contributed by atoms with Crippen molar-refractivity contribution in [1.82, 2.24) is 9.97 Å². The van der Waals surface area contributed by atoms with Crippen molar-refractivity contribution < 1.29 is 9.59 Å². The Morgan fingerprint density at radius 3 is 2.62 bits per heavy atom. The normalized spacial score (nSPS) is 21.6. The van der Waals surface area contributed by atoms with Crippen molar-refractivity contribution in [2.45, 2.75) is 38.5 Å². The number of para-hydroxylation sites is 2. The van der Waals surface area contributed by atoms with Crippen molar-refractivity contribution in [2.75, 3.05) is 4.90 Å². The van der Waals surface area contributed by atoms with Crippen LogP contribution >= 0.6 is 0 Å². The van der Waals surface area contributed by atoms with Crippen LogP contribution in [0.2, 0.25) is 0 Å². The van der Waals surface area contributed by atoms with Crippen LogP contribution in [-0.4, -0.2) is 21.8 Å². The van der Waals surface area contributed by atoms with Gasteiger partial charge in [-0.2, -0.15) is 0 Å². The predicted octanol–water partition coefficient (Wildman–Crippen LogP) is 2.78. The molecule has 2 fully saturated rings. The highest BCUT2D eigenvalue weighted by Crippen LogP contribution is 2.46. The van der Waals surface area contributed by atoms with Gasteiger partial charge in [0.25, 0.3) is 0 Å². The van der Waals surface area contributed by atoms with E-state index in [4.69, 9.17) is 0 Å². The van der Waals surface area contributed by atoms with E-state index in [2.05, 4.69) is 9.97 Å². The number of hydrogen-bond acceptors (Lipinski definition) is 3. The average Bonchev–Trinajstić information content (AvgIpc) is 3.00. The number of anilines is 1. The van der Waals surface area contributed by atoms with Crippen molar-refractivity contribution in [3.8, 4) is 0 Å². The lowest BCUT2D eigenvalue weighted by Gasteiger charge is -2.30. The second-order valence-corrected chi connectivity index (χ2v) is 6.13. The van der Waals surface area contributed by atoms with E-state index in [0.717, 1.165) is 43.1 Å². The van der Waals surface area contributed by atoms with Crippen molar-refractivity contribution in [2.24, 2.45) is 5.41 Å². The predicted molar refractivity (Wildman–Crippen MR) is 78.7 cm³/mol. The van der Waals surface area contributed by atoms with Crippen molar-refractivity contribution in [3.63, 3.8) is 0 Å². The molecule has 5 heteroatoms. The number of aromatic amines is 1. The van der Waals surface area contributed by atoms with E-state index in [1.807, 2.05) is 24.3 Å². The third kappa shape index (κ3) is 1.80. The first-order valence-electron chi connectivity index (χ1n) is 7.52. The lowest BCUT2D eigenvalue weighted by atomic mass is 9.73. The first kappa shape index (κ1) is 12.6. The Bertz CT molecular complexity index is 695. The summed E-state index contributed by atoms with van der Waals surface area (Å²) in [4.78, 5) is 34.0. The number of aromatic nitrogens is 2. The van der Waals surface area contributed by atoms with Crippen molar-refractivity contribution in [3.05, 3.63) is 24.3 Å². The molecule has 21 heavy (non-hydrogen) atoms. The highest BCUT2D eigenvalue weighted by Gasteiger charge is 2.52. The fourth-order valence-electron chi connectivity index (χ4n) is 3.67. The highest BCUT2D eigenvalue weighted by atomic mass is 16.2. The number of rotatable bonds is 1. The van der Waals surface area contributed by atoms with E-state index in [-0.39, 0.29) is 11.8 Å². The number of amides is 2. The Morgan fingerprint density at radius 1 is 1.10 bits per heavy atom. The summed E-state index contributed by atoms with van der Waals surface area (Å²) in [6, 6.07) is 7.56. The molecule has 2 heterocycles. The van der Waals surface area contributed by atoms with Crippen LogP contribution < -0.4 is 4.90 Å². The lowest BCUT2D eigenvalue weighted by molar-refractivity contribution is -0.127. The summed E-state index contributed by atoms with van der Waals surface area (Å²) in [6.45, 7) is 0. The van der Waals surface area contributed by atoms with Crippen LogP contribution in [-0.2, 0) is 9.59 Å². The highest BCUT2D eigenvalue weighted by molar-refractivity contribution is 6.22. The number of hydrogen-bond donors (Lipinski definition) is 1. The molecule has 1 aliphatic carbocycles. The molecule has 1 saturated heterocycles. The fourth-order valence-corrected chi connectivity index (χ4v) is 3.67. The van der Waals surface area contributed by atoms with Crippen molar-refractivity contribution >= 4 is 28.8 Å². The van der Waals surface area contributed by atoms with E-state index in [9.17, 15) is 9.59 Å². The third-order valence-corrected chi connectivity index (χ3v) is 4.80. The Labute approximate surface area is 122 Å².